The van der Waals surface area contributed by atoms with Crippen LogP contribution in [0.15, 0.2) is 18.2 Å². The first-order valence-electron chi connectivity index (χ1n) is 5.08. The lowest BCUT2D eigenvalue weighted by Gasteiger charge is -2.03. The van der Waals surface area contributed by atoms with Gasteiger partial charge in [0.1, 0.15) is 5.01 Å². The fraction of sp³-hybridized carbons (Fsp3) is 0.273. The minimum Gasteiger partial charge on any atom is -0.311 e. The van der Waals surface area contributed by atoms with Crippen LogP contribution in [0.3, 0.4) is 0 Å². The van der Waals surface area contributed by atoms with Gasteiger partial charge in [-0.25, -0.2) is 8.78 Å². The molecule has 0 saturated heterocycles. The fourth-order valence-electron chi connectivity index (χ4n) is 1.31. The molecule has 0 aliphatic carbocycles. The minimum atomic E-state index is -0.882. The summed E-state index contributed by atoms with van der Waals surface area (Å²) in [5.74, 6) is -1.76. The zero-order valence-corrected chi connectivity index (χ0v) is 10.2. The highest BCUT2D eigenvalue weighted by Crippen LogP contribution is 2.29. The van der Waals surface area contributed by atoms with E-state index in [-0.39, 0.29) is 11.6 Å². The summed E-state index contributed by atoms with van der Waals surface area (Å²) >= 11 is 1.25. The molecule has 0 spiro atoms. The average Bonchev–Trinajstić information content (AvgIpc) is 2.81. The van der Waals surface area contributed by atoms with Gasteiger partial charge in [-0.1, -0.05) is 17.4 Å². The Bertz CT molecular complexity index is 527. The van der Waals surface area contributed by atoms with Crippen LogP contribution in [0, 0.1) is 11.6 Å². The van der Waals surface area contributed by atoms with E-state index >= 15 is 0 Å². The molecule has 0 fully saturated rings. The highest BCUT2D eigenvalue weighted by molar-refractivity contribution is 7.14. The van der Waals surface area contributed by atoms with Crippen molar-refractivity contribution in [1.82, 2.24) is 15.5 Å². The van der Waals surface area contributed by atoms with Crippen LogP contribution in [0.25, 0.3) is 10.6 Å². The lowest BCUT2D eigenvalue weighted by Crippen LogP contribution is -2.11. The number of hydrogen-bond donors (Lipinski definition) is 1. The zero-order valence-electron chi connectivity index (χ0n) is 9.37. The molecule has 0 amide bonds. The molecule has 3 nitrogen and oxygen atoms in total. The van der Waals surface area contributed by atoms with Crippen molar-refractivity contribution < 1.29 is 8.78 Å². The van der Waals surface area contributed by atoms with Gasteiger partial charge in [-0.2, -0.15) is 0 Å². The van der Waals surface area contributed by atoms with E-state index in [4.69, 9.17) is 0 Å². The molecule has 0 saturated carbocycles. The Balaban J connectivity index is 2.40. The molecule has 1 unspecified atom stereocenters. The maximum atomic E-state index is 13.5. The van der Waals surface area contributed by atoms with Crippen molar-refractivity contribution in [2.75, 3.05) is 7.05 Å². The van der Waals surface area contributed by atoms with Crippen LogP contribution >= 0.6 is 11.3 Å². The third-order valence-electron chi connectivity index (χ3n) is 2.43. The van der Waals surface area contributed by atoms with Gasteiger partial charge in [0.2, 0.25) is 0 Å². The van der Waals surface area contributed by atoms with Gasteiger partial charge < -0.3 is 5.32 Å². The summed E-state index contributed by atoms with van der Waals surface area (Å²) in [6.45, 7) is 1.92. The Morgan fingerprint density at radius 3 is 2.76 bits per heavy atom. The molecule has 17 heavy (non-hydrogen) atoms. The minimum absolute atomic E-state index is 0.0397. The number of rotatable bonds is 3. The predicted molar refractivity (Wildman–Crippen MR) is 62.7 cm³/mol. The first-order chi connectivity index (χ1) is 8.13. The van der Waals surface area contributed by atoms with Crippen LogP contribution < -0.4 is 5.32 Å². The van der Waals surface area contributed by atoms with Crippen LogP contribution in [0.5, 0.6) is 0 Å². The lowest BCUT2D eigenvalue weighted by molar-refractivity contribution is 0.511. The molecule has 0 bridgehead atoms. The molecule has 0 radical (unpaired) electrons. The van der Waals surface area contributed by atoms with Gasteiger partial charge in [-0.05, 0) is 26.1 Å². The number of nitrogens with one attached hydrogen (secondary N) is 1. The van der Waals surface area contributed by atoms with Gasteiger partial charge in [0.25, 0.3) is 0 Å². The van der Waals surface area contributed by atoms with E-state index in [1.165, 1.54) is 23.5 Å². The van der Waals surface area contributed by atoms with Gasteiger partial charge in [-0.15, -0.1) is 10.2 Å². The lowest BCUT2D eigenvalue weighted by atomic mass is 10.2. The van der Waals surface area contributed by atoms with Crippen LogP contribution in [-0.2, 0) is 0 Å². The summed E-state index contributed by atoms with van der Waals surface area (Å²) in [5.41, 5.74) is 0.150. The molecular weight excluding hydrogens is 244 g/mol. The molecule has 0 aliphatic heterocycles. The quantitative estimate of drug-likeness (QED) is 0.916. The van der Waals surface area contributed by atoms with Gasteiger partial charge >= 0.3 is 0 Å². The van der Waals surface area contributed by atoms with Crippen molar-refractivity contribution in [1.29, 1.82) is 0 Å². The molecule has 90 valence electrons. The average molecular weight is 255 g/mol. The molecule has 1 N–H and O–H groups in total. The molecule has 1 heterocycles. The standard InChI is InChI=1S/C11H11F2N3S/c1-6(14-2)10-15-16-11(17-10)7-4-3-5-8(12)9(7)13/h3-6,14H,1-2H3. The van der Waals surface area contributed by atoms with Gasteiger partial charge in [-0.3, -0.25) is 0 Å². The topological polar surface area (TPSA) is 37.8 Å². The van der Waals surface area contributed by atoms with Crippen LogP contribution in [0.2, 0.25) is 0 Å². The Labute approximate surface area is 102 Å². The number of aromatic nitrogens is 2. The second-order valence-electron chi connectivity index (χ2n) is 3.56. The summed E-state index contributed by atoms with van der Waals surface area (Å²) in [6.07, 6.45) is 0. The van der Waals surface area contributed by atoms with E-state index in [2.05, 4.69) is 15.5 Å². The van der Waals surface area contributed by atoms with E-state index < -0.39 is 11.6 Å². The molecule has 1 aromatic heterocycles. The van der Waals surface area contributed by atoms with Crippen LogP contribution in [-0.4, -0.2) is 17.2 Å². The summed E-state index contributed by atoms with van der Waals surface area (Å²) in [6, 6.07) is 4.07. The van der Waals surface area contributed by atoms with Crippen molar-refractivity contribution in [3.05, 3.63) is 34.8 Å². The molecule has 2 aromatic rings. The van der Waals surface area contributed by atoms with E-state index in [9.17, 15) is 8.78 Å². The van der Waals surface area contributed by atoms with Crippen molar-refractivity contribution in [3.8, 4) is 10.6 Å². The Kier molecular flexibility index (Phi) is 3.44. The van der Waals surface area contributed by atoms with Crippen molar-refractivity contribution in [3.63, 3.8) is 0 Å². The van der Waals surface area contributed by atoms with E-state index in [0.717, 1.165) is 11.1 Å². The van der Waals surface area contributed by atoms with Crippen LogP contribution in [0.4, 0.5) is 8.78 Å². The summed E-state index contributed by atoms with van der Waals surface area (Å²) in [5, 5.41) is 12.0. The Hall–Kier alpha value is -1.40. The van der Waals surface area contributed by atoms with Gasteiger partial charge in [0.05, 0.1) is 11.6 Å². The normalized spacial score (nSPS) is 12.7. The maximum Gasteiger partial charge on any atom is 0.169 e. The molecule has 0 aliphatic rings. The van der Waals surface area contributed by atoms with Gasteiger partial charge in [0, 0.05) is 0 Å². The molecule has 1 atom stereocenters. The third kappa shape index (κ3) is 2.32. The summed E-state index contributed by atoms with van der Waals surface area (Å²) in [7, 11) is 1.80. The first-order valence-corrected chi connectivity index (χ1v) is 5.90. The van der Waals surface area contributed by atoms with Crippen molar-refractivity contribution >= 4 is 11.3 Å². The Morgan fingerprint density at radius 1 is 1.29 bits per heavy atom. The van der Waals surface area contributed by atoms with E-state index in [1.807, 2.05) is 6.92 Å². The van der Waals surface area contributed by atoms with Crippen molar-refractivity contribution in [2.45, 2.75) is 13.0 Å². The molecule has 2 rings (SSSR count). The predicted octanol–water partition coefficient (Wildman–Crippen LogP) is 2.76. The Morgan fingerprint density at radius 2 is 2.06 bits per heavy atom. The largest absolute Gasteiger partial charge is 0.311 e. The number of halogens is 2. The van der Waals surface area contributed by atoms with Crippen LogP contribution in [0.1, 0.15) is 18.0 Å². The molecule has 6 heteroatoms. The highest BCUT2D eigenvalue weighted by Gasteiger charge is 2.16. The fourth-order valence-corrected chi connectivity index (χ4v) is 2.23. The smallest absolute Gasteiger partial charge is 0.169 e. The SMILES string of the molecule is CNC(C)c1nnc(-c2cccc(F)c2F)s1. The third-order valence-corrected chi connectivity index (χ3v) is 3.57. The molecular formula is C11H11F2N3S. The number of nitrogens with zero attached hydrogens (tertiary/aromatic N) is 2. The number of benzene rings is 1. The van der Waals surface area contributed by atoms with Crippen molar-refractivity contribution in [2.24, 2.45) is 0 Å². The summed E-state index contributed by atoms with van der Waals surface area (Å²) in [4.78, 5) is 0. The first kappa shape index (κ1) is 12.1. The zero-order chi connectivity index (χ0) is 12.4. The summed E-state index contributed by atoms with van der Waals surface area (Å²) < 4.78 is 26.6. The highest BCUT2D eigenvalue weighted by atomic mass is 32.1. The monoisotopic (exact) mass is 255 g/mol. The van der Waals surface area contributed by atoms with E-state index in [0.29, 0.717) is 5.01 Å². The number of hydrogen-bond acceptors (Lipinski definition) is 4. The second-order valence-corrected chi connectivity index (χ2v) is 4.57. The maximum absolute atomic E-state index is 13.5. The molecule has 1 aromatic carbocycles. The van der Waals surface area contributed by atoms with E-state index in [1.54, 1.807) is 7.05 Å². The second kappa shape index (κ2) is 4.85. The van der Waals surface area contributed by atoms with Gasteiger partial charge in [0.15, 0.2) is 16.6 Å².